The van der Waals surface area contributed by atoms with Crippen molar-refractivity contribution in [3.05, 3.63) is 76.2 Å². The molecule has 0 aliphatic rings. The highest BCUT2D eigenvalue weighted by atomic mass is 32.1. The first-order valence-corrected chi connectivity index (χ1v) is 9.37. The maximum Gasteiger partial charge on any atom is 0.267 e. The summed E-state index contributed by atoms with van der Waals surface area (Å²) in [6.45, 7) is 5.87. The lowest BCUT2D eigenvalue weighted by atomic mass is 10.1. The zero-order chi connectivity index (χ0) is 19.1. The van der Waals surface area contributed by atoms with Gasteiger partial charge in [-0.25, -0.2) is 9.37 Å². The van der Waals surface area contributed by atoms with Crippen molar-refractivity contribution in [2.75, 3.05) is 5.32 Å². The topological polar surface area (TPSA) is 46.4 Å². The van der Waals surface area contributed by atoms with Crippen LogP contribution in [-0.4, -0.2) is 15.3 Å². The number of hydrogen-bond donors (Lipinski definition) is 1. The molecule has 0 aliphatic heterocycles. The van der Waals surface area contributed by atoms with E-state index in [1.165, 1.54) is 23.5 Å². The molecule has 27 heavy (non-hydrogen) atoms. The van der Waals surface area contributed by atoms with Gasteiger partial charge in [0.25, 0.3) is 5.91 Å². The van der Waals surface area contributed by atoms with Gasteiger partial charge in [-0.1, -0.05) is 23.5 Å². The van der Waals surface area contributed by atoms with Crippen molar-refractivity contribution in [3.8, 4) is 11.3 Å². The van der Waals surface area contributed by atoms with Crippen LogP contribution >= 0.6 is 11.3 Å². The first-order valence-electron chi connectivity index (χ1n) is 8.55. The lowest BCUT2D eigenvalue weighted by Crippen LogP contribution is -2.13. The first-order chi connectivity index (χ1) is 12.9. The summed E-state index contributed by atoms with van der Waals surface area (Å²) in [6, 6.07) is 12.2. The van der Waals surface area contributed by atoms with Gasteiger partial charge >= 0.3 is 0 Å². The minimum absolute atomic E-state index is 0.139. The second-order valence-corrected chi connectivity index (χ2v) is 7.55. The molecule has 2 aromatic carbocycles. The molecule has 1 N–H and O–H groups in total. The number of thiazole rings is 1. The minimum atomic E-state index is -0.277. The Labute approximate surface area is 160 Å². The van der Waals surface area contributed by atoms with Crippen LogP contribution in [0.5, 0.6) is 0 Å². The summed E-state index contributed by atoms with van der Waals surface area (Å²) in [5.41, 5.74) is 5.36. The van der Waals surface area contributed by atoms with Crippen LogP contribution < -0.4 is 5.32 Å². The Morgan fingerprint density at radius 3 is 2.56 bits per heavy atom. The van der Waals surface area contributed by atoms with Gasteiger partial charge in [0.1, 0.15) is 10.7 Å². The van der Waals surface area contributed by atoms with Crippen LogP contribution in [0.25, 0.3) is 16.2 Å². The molecule has 0 unspecified atom stereocenters. The van der Waals surface area contributed by atoms with Crippen molar-refractivity contribution in [1.82, 2.24) is 9.38 Å². The van der Waals surface area contributed by atoms with Crippen LogP contribution in [0.2, 0.25) is 0 Å². The fraction of sp³-hybridized carbons (Fsp3) is 0.143. The van der Waals surface area contributed by atoms with E-state index in [1.54, 1.807) is 12.1 Å². The van der Waals surface area contributed by atoms with E-state index in [1.807, 2.05) is 49.6 Å². The van der Waals surface area contributed by atoms with Gasteiger partial charge in [0, 0.05) is 23.1 Å². The zero-order valence-electron chi connectivity index (χ0n) is 15.2. The highest BCUT2D eigenvalue weighted by Crippen LogP contribution is 2.28. The quantitative estimate of drug-likeness (QED) is 0.519. The summed E-state index contributed by atoms with van der Waals surface area (Å²) in [4.78, 5) is 18.7. The monoisotopic (exact) mass is 379 g/mol. The van der Waals surface area contributed by atoms with Gasteiger partial charge in [-0.15, -0.1) is 0 Å². The molecule has 0 radical (unpaired) electrons. The van der Waals surface area contributed by atoms with Crippen LogP contribution in [0, 0.1) is 26.6 Å². The molecule has 0 atom stereocenters. The lowest BCUT2D eigenvalue weighted by molar-refractivity contribution is 0.102. The highest BCUT2D eigenvalue weighted by molar-refractivity contribution is 7.19. The summed E-state index contributed by atoms with van der Waals surface area (Å²) in [7, 11) is 0. The number of aromatic nitrogens is 2. The Morgan fingerprint density at radius 2 is 1.85 bits per heavy atom. The van der Waals surface area contributed by atoms with Gasteiger partial charge in [0.05, 0.1) is 5.69 Å². The molecular formula is C21H18FN3OS. The Balaban J connectivity index is 1.66. The number of carbonyl (C=O) groups excluding carboxylic acids is 1. The van der Waals surface area contributed by atoms with Crippen molar-refractivity contribution in [3.63, 3.8) is 0 Å². The molecule has 136 valence electrons. The van der Waals surface area contributed by atoms with E-state index < -0.39 is 0 Å². The third-order valence-corrected chi connectivity index (χ3v) is 5.70. The number of carbonyl (C=O) groups is 1. The van der Waals surface area contributed by atoms with E-state index in [9.17, 15) is 9.18 Å². The number of hydrogen-bond acceptors (Lipinski definition) is 3. The third kappa shape index (κ3) is 3.24. The van der Waals surface area contributed by atoms with Crippen LogP contribution in [-0.2, 0) is 0 Å². The second kappa shape index (κ2) is 6.63. The fourth-order valence-corrected chi connectivity index (χ4v) is 3.97. The van der Waals surface area contributed by atoms with E-state index >= 15 is 0 Å². The molecule has 4 nitrogen and oxygen atoms in total. The Morgan fingerprint density at radius 1 is 1.11 bits per heavy atom. The molecule has 0 spiro atoms. The van der Waals surface area contributed by atoms with Crippen molar-refractivity contribution in [2.45, 2.75) is 20.8 Å². The van der Waals surface area contributed by atoms with Gasteiger partial charge in [0.2, 0.25) is 0 Å². The SMILES string of the molecule is Cc1ccc(C)c(NC(=O)c2sc3nc(-c4ccc(F)cc4)cn3c2C)c1. The molecular weight excluding hydrogens is 361 g/mol. The number of nitrogens with one attached hydrogen (secondary N) is 1. The van der Waals surface area contributed by atoms with Crippen LogP contribution in [0.3, 0.4) is 0 Å². The second-order valence-electron chi connectivity index (χ2n) is 6.57. The summed E-state index contributed by atoms with van der Waals surface area (Å²) in [6.07, 6.45) is 1.88. The number of amides is 1. The maximum atomic E-state index is 13.1. The lowest BCUT2D eigenvalue weighted by Gasteiger charge is -2.08. The van der Waals surface area contributed by atoms with Crippen molar-refractivity contribution in [2.24, 2.45) is 0 Å². The number of imidazole rings is 1. The predicted molar refractivity (Wildman–Crippen MR) is 107 cm³/mol. The maximum absolute atomic E-state index is 13.1. The highest BCUT2D eigenvalue weighted by Gasteiger charge is 2.19. The van der Waals surface area contributed by atoms with Crippen molar-refractivity contribution in [1.29, 1.82) is 0 Å². The fourth-order valence-electron chi connectivity index (χ4n) is 2.97. The Hall–Kier alpha value is -2.99. The van der Waals surface area contributed by atoms with Gasteiger partial charge < -0.3 is 5.32 Å². The average molecular weight is 379 g/mol. The van der Waals surface area contributed by atoms with Crippen LogP contribution in [0.1, 0.15) is 26.5 Å². The van der Waals surface area contributed by atoms with E-state index in [2.05, 4.69) is 10.3 Å². The van der Waals surface area contributed by atoms with Gasteiger partial charge in [-0.3, -0.25) is 9.20 Å². The Kier molecular flexibility index (Phi) is 4.28. The van der Waals surface area contributed by atoms with Crippen molar-refractivity contribution < 1.29 is 9.18 Å². The number of benzene rings is 2. The van der Waals surface area contributed by atoms with Crippen LogP contribution in [0.4, 0.5) is 10.1 Å². The molecule has 0 saturated heterocycles. The molecule has 2 aromatic heterocycles. The predicted octanol–water partition coefficient (Wildman–Crippen LogP) is 5.38. The number of halogens is 1. The van der Waals surface area contributed by atoms with E-state index in [4.69, 9.17) is 0 Å². The largest absolute Gasteiger partial charge is 0.321 e. The number of nitrogens with zero attached hydrogens (tertiary/aromatic N) is 2. The van der Waals surface area contributed by atoms with E-state index in [-0.39, 0.29) is 11.7 Å². The first kappa shape index (κ1) is 17.4. The molecule has 0 aliphatic carbocycles. The molecule has 4 aromatic rings. The summed E-state index contributed by atoms with van der Waals surface area (Å²) in [5, 5.41) is 3.00. The minimum Gasteiger partial charge on any atom is -0.321 e. The molecule has 4 rings (SSSR count). The summed E-state index contributed by atoms with van der Waals surface area (Å²) < 4.78 is 15.0. The molecule has 0 saturated carbocycles. The van der Waals surface area contributed by atoms with Gasteiger partial charge in [-0.05, 0) is 62.2 Å². The molecule has 1 amide bonds. The molecule has 0 bridgehead atoms. The van der Waals surface area contributed by atoms with Crippen molar-refractivity contribution >= 4 is 27.9 Å². The standard InChI is InChI=1S/C21H18FN3OS/c1-12-4-5-13(2)17(10-12)23-20(26)19-14(3)25-11-18(24-21(25)27-19)15-6-8-16(22)9-7-15/h4-11H,1-3H3,(H,23,26). The molecule has 6 heteroatoms. The molecule has 2 heterocycles. The number of anilines is 1. The number of fused-ring (bicyclic) bond motifs is 1. The Bertz CT molecular complexity index is 1160. The van der Waals surface area contributed by atoms with Gasteiger partial charge in [-0.2, -0.15) is 0 Å². The summed E-state index contributed by atoms with van der Waals surface area (Å²) >= 11 is 1.35. The third-order valence-electron chi connectivity index (χ3n) is 4.54. The van der Waals surface area contributed by atoms with E-state index in [0.29, 0.717) is 4.88 Å². The van der Waals surface area contributed by atoms with Gasteiger partial charge in [0.15, 0.2) is 4.96 Å². The smallest absolute Gasteiger partial charge is 0.267 e. The molecule has 0 fully saturated rings. The number of aryl methyl sites for hydroxylation is 3. The zero-order valence-corrected chi connectivity index (χ0v) is 16.0. The number of rotatable bonds is 3. The summed E-state index contributed by atoms with van der Waals surface area (Å²) in [5.74, 6) is -0.415. The van der Waals surface area contributed by atoms with E-state index in [0.717, 1.165) is 38.7 Å². The van der Waals surface area contributed by atoms with Crippen LogP contribution in [0.15, 0.2) is 48.7 Å². The average Bonchev–Trinajstić information content (AvgIpc) is 3.18. The normalized spacial score (nSPS) is 11.1.